The maximum atomic E-state index is 11.3. The van der Waals surface area contributed by atoms with Crippen LogP contribution in [-0.2, 0) is 9.53 Å². The Morgan fingerprint density at radius 1 is 1.47 bits per heavy atom. The number of hydrogen-bond acceptors (Lipinski definition) is 2. The van der Waals surface area contributed by atoms with Gasteiger partial charge < -0.3 is 4.74 Å². The summed E-state index contributed by atoms with van der Waals surface area (Å²) in [5.41, 5.74) is 2.86. The number of carbonyl (C=O) groups excluding carboxylic acids is 1. The molecule has 0 amide bonds. The third-order valence-corrected chi connectivity index (χ3v) is 3.26. The van der Waals surface area contributed by atoms with E-state index in [1.807, 2.05) is 6.92 Å². The normalized spacial score (nSPS) is 26.3. The van der Waals surface area contributed by atoms with Gasteiger partial charge in [-0.25, -0.2) is 0 Å². The Morgan fingerprint density at radius 3 is 2.67 bits per heavy atom. The molecule has 1 rings (SSSR count). The quantitative estimate of drug-likeness (QED) is 0.515. The number of esters is 1. The van der Waals surface area contributed by atoms with Gasteiger partial charge in [-0.05, 0) is 32.6 Å². The van der Waals surface area contributed by atoms with Gasteiger partial charge in [0.25, 0.3) is 0 Å². The summed E-state index contributed by atoms with van der Waals surface area (Å²) in [5.74, 6) is 0.436. The summed E-state index contributed by atoms with van der Waals surface area (Å²) in [6.45, 7) is 8.31. The molecule has 0 N–H and O–H groups in total. The van der Waals surface area contributed by atoms with Crippen molar-refractivity contribution in [2.24, 2.45) is 5.92 Å². The molecule has 0 aromatic carbocycles. The first kappa shape index (κ1) is 12.3. The predicted octanol–water partition coefficient (Wildman–Crippen LogP) is 3.46. The number of rotatable bonds is 2. The first-order chi connectivity index (χ1) is 7.04. The molecule has 0 spiro atoms. The highest BCUT2D eigenvalue weighted by Crippen LogP contribution is 2.32. The molecule has 0 aliphatic heterocycles. The Kier molecular flexibility index (Phi) is 4.37. The van der Waals surface area contributed by atoms with E-state index in [2.05, 4.69) is 20.8 Å². The topological polar surface area (TPSA) is 26.3 Å². The van der Waals surface area contributed by atoms with Crippen LogP contribution in [0.5, 0.6) is 0 Å². The van der Waals surface area contributed by atoms with Gasteiger partial charge in [-0.15, -0.1) is 0 Å². The van der Waals surface area contributed by atoms with Gasteiger partial charge in [-0.3, -0.25) is 4.79 Å². The summed E-state index contributed by atoms with van der Waals surface area (Å²) in [5, 5.41) is 0. The second-order valence-corrected chi connectivity index (χ2v) is 4.71. The van der Waals surface area contributed by atoms with Crippen molar-refractivity contribution >= 4 is 5.97 Å². The van der Waals surface area contributed by atoms with E-state index < -0.39 is 0 Å². The third-order valence-electron chi connectivity index (χ3n) is 3.26. The molecule has 2 atom stereocenters. The second-order valence-electron chi connectivity index (χ2n) is 4.71. The fourth-order valence-electron chi connectivity index (χ4n) is 2.00. The Balaban J connectivity index is 2.62. The minimum atomic E-state index is -0.0677. The number of allylic oxidation sites excluding steroid dienone is 1. The fraction of sp³-hybridized carbons (Fsp3) is 0.769. The van der Waals surface area contributed by atoms with Gasteiger partial charge in [0, 0.05) is 12.8 Å². The minimum absolute atomic E-state index is 0.0677. The zero-order valence-electron chi connectivity index (χ0n) is 10.3. The number of ether oxygens (including phenoxy) is 1. The largest absolute Gasteiger partial charge is 0.462 e. The smallest absolute Gasteiger partial charge is 0.305 e. The molecular formula is C13H22O2. The van der Waals surface area contributed by atoms with Crippen molar-refractivity contribution in [1.82, 2.24) is 0 Å². The zero-order valence-corrected chi connectivity index (χ0v) is 10.3. The van der Waals surface area contributed by atoms with Crippen LogP contribution in [-0.4, -0.2) is 12.1 Å². The average Bonchev–Trinajstić information content (AvgIpc) is 2.20. The molecule has 2 nitrogen and oxygen atoms in total. The predicted molar refractivity (Wildman–Crippen MR) is 61.6 cm³/mol. The minimum Gasteiger partial charge on any atom is -0.462 e. The molecule has 0 radical (unpaired) electrons. The molecule has 1 fully saturated rings. The molecule has 15 heavy (non-hydrogen) atoms. The lowest BCUT2D eigenvalue weighted by Crippen LogP contribution is -2.29. The van der Waals surface area contributed by atoms with Gasteiger partial charge in [0.15, 0.2) is 0 Å². The highest BCUT2D eigenvalue weighted by molar-refractivity contribution is 5.69. The molecule has 0 aromatic heterocycles. The molecule has 86 valence electrons. The Labute approximate surface area is 92.7 Å². The summed E-state index contributed by atoms with van der Waals surface area (Å²) < 4.78 is 5.46. The van der Waals surface area contributed by atoms with E-state index in [1.54, 1.807) is 0 Å². The van der Waals surface area contributed by atoms with Crippen LogP contribution >= 0.6 is 0 Å². The standard InChI is InChI=1S/C13H22O2/c1-5-13(14)15-12-8-11(9(2)3)7-6-10(12)4/h10,12H,5-8H2,1-4H3. The molecule has 0 heterocycles. The molecular weight excluding hydrogens is 188 g/mol. The molecule has 0 bridgehead atoms. The lowest BCUT2D eigenvalue weighted by atomic mass is 9.83. The molecule has 1 aliphatic rings. The lowest BCUT2D eigenvalue weighted by Gasteiger charge is -2.31. The van der Waals surface area contributed by atoms with E-state index in [0.29, 0.717) is 12.3 Å². The van der Waals surface area contributed by atoms with E-state index in [9.17, 15) is 4.79 Å². The molecule has 2 unspecified atom stereocenters. The Hall–Kier alpha value is -0.790. The monoisotopic (exact) mass is 210 g/mol. The average molecular weight is 210 g/mol. The molecule has 2 heteroatoms. The Bertz CT molecular complexity index is 262. The van der Waals surface area contributed by atoms with Crippen LogP contribution in [0.25, 0.3) is 0 Å². The van der Waals surface area contributed by atoms with E-state index in [4.69, 9.17) is 4.74 Å². The highest BCUT2D eigenvalue weighted by atomic mass is 16.5. The maximum Gasteiger partial charge on any atom is 0.305 e. The number of hydrogen-bond donors (Lipinski definition) is 0. The summed E-state index contributed by atoms with van der Waals surface area (Å²) in [4.78, 5) is 11.3. The van der Waals surface area contributed by atoms with E-state index >= 15 is 0 Å². The van der Waals surface area contributed by atoms with E-state index in [1.165, 1.54) is 17.6 Å². The zero-order chi connectivity index (χ0) is 11.4. The van der Waals surface area contributed by atoms with Crippen LogP contribution in [0.2, 0.25) is 0 Å². The maximum absolute atomic E-state index is 11.3. The fourth-order valence-corrected chi connectivity index (χ4v) is 2.00. The molecule has 1 aliphatic carbocycles. The first-order valence-electron chi connectivity index (χ1n) is 5.89. The molecule has 1 saturated carbocycles. The van der Waals surface area contributed by atoms with Crippen molar-refractivity contribution in [3.05, 3.63) is 11.1 Å². The second kappa shape index (κ2) is 5.34. The van der Waals surface area contributed by atoms with Gasteiger partial charge in [-0.2, -0.15) is 0 Å². The summed E-state index contributed by atoms with van der Waals surface area (Å²) in [6.07, 6.45) is 3.84. The van der Waals surface area contributed by atoms with Crippen molar-refractivity contribution in [1.29, 1.82) is 0 Å². The molecule has 0 aromatic rings. The van der Waals surface area contributed by atoms with Crippen molar-refractivity contribution in [2.45, 2.75) is 59.5 Å². The summed E-state index contributed by atoms with van der Waals surface area (Å²) >= 11 is 0. The van der Waals surface area contributed by atoms with Crippen LogP contribution in [0.1, 0.15) is 53.4 Å². The van der Waals surface area contributed by atoms with Crippen LogP contribution in [0, 0.1) is 5.92 Å². The van der Waals surface area contributed by atoms with Crippen molar-refractivity contribution in [2.75, 3.05) is 0 Å². The lowest BCUT2D eigenvalue weighted by molar-refractivity contribution is -0.151. The van der Waals surface area contributed by atoms with Crippen molar-refractivity contribution in [3.8, 4) is 0 Å². The van der Waals surface area contributed by atoms with Gasteiger partial charge in [0.05, 0.1) is 0 Å². The molecule has 0 saturated heterocycles. The first-order valence-corrected chi connectivity index (χ1v) is 5.89. The summed E-state index contributed by atoms with van der Waals surface area (Å²) in [7, 11) is 0. The Morgan fingerprint density at radius 2 is 2.13 bits per heavy atom. The van der Waals surface area contributed by atoms with Crippen LogP contribution < -0.4 is 0 Å². The van der Waals surface area contributed by atoms with Crippen LogP contribution in [0.3, 0.4) is 0 Å². The SMILES string of the molecule is CCC(=O)OC1CC(=C(C)C)CCC1C. The van der Waals surface area contributed by atoms with Crippen molar-refractivity contribution < 1.29 is 9.53 Å². The van der Waals surface area contributed by atoms with E-state index in [-0.39, 0.29) is 12.1 Å². The highest BCUT2D eigenvalue weighted by Gasteiger charge is 2.27. The van der Waals surface area contributed by atoms with Gasteiger partial charge >= 0.3 is 5.97 Å². The van der Waals surface area contributed by atoms with Gasteiger partial charge in [-0.1, -0.05) is 25.0 Å². The number of carbonyl (C=O) groups is 1. The van der Waals surface area contributed by atoms with Gasteiger partial charge in [0.1, 0.15) is 6.10 Å². The van der Waals surface area contributed by atoms with Crippen LogP contribution in [0.4, 0.5) is 0 Å². The van der Waals surface area contributed by atoms with Crippen molar-refractivity contribution in [3.63, 3.8) is 0 Å². The van der Waals surface area contributed by atoms with Crippen LogP contribution in [0.15, 0.2) is 11.1 Å². The summed E-state index contributed by atoms with van der Waals surface area (Å²) in [6, 6.07) is 0. The third kappa shape index (κ3) is 3.37. The van der Waals surface area contributed by atoms with Gasteiger partial charge in [0.2, 0.25) is 0 Å². The van der Waals surface area contributed by atoms with E-state index in [0.717, 1.165) is 12.8 Å².